The van der Waals surface area contributed by atoms with Crippen molar-refractivity contribution in [2.45, 2.75) is 18.2 Å². The fraction of sp³-hybridized carbons (Fsp3) is 0.263. The number of methoxy groups -OCH3 is 1. The molecule has 1 saturated heterocycles. The molecule has 9 heteroatoms. The molecule has 1 aliphatic rings. The van der Waals surface area contributed by atoms with E-state index in [-0.39, 0.29) is 29.7 Å². The van der Waals surface area contributed by atoms with Gasteiger partial charge in [0.25, 0.3) is 0 Å². The molecular weight excluding hydrogens is 382 g/mol. The van der Waals surface area contributed by atoms with Gasteiger partial charge in [-0.05, 0) is 48.9 Å². The van der Waals surface area contributed by atoms with Gasteiger partial charge < -0.3 is 15.0 Å². The summed E-state index contributed by atoms with van der Waals surface area (Å²) in [7, 11) is -2.26. The molecule has 1 heterocycles. The molecule has 1 unspecified atom stereocenters. The van der Waals surface area contributed by atoms with Gasteiger partial charge in [-0.1, -0.05) is 6.07 Å². The van der Waals surface area contributed by atoms with Crippen LogP contribution in [-0.4, -0.2) is 33.9 Å². The Hall–Kier alpha value is -2.91. The first kappa shape index (κ1) is 19.8. The van der Waals surface area contributed by atoms with E-state index in [1.807, 2.05) is 19.1 Å². The summed E-state index contributed by atoms with van der Waals surface area (Å²) in [5.74, 6) is -0.436. The van der Waals surface area contributed by atoms with Gasteiger partial charge in [0.1, 0.15) is 5.75 Å². The Kier molecular flexibility index (Phi) is 5.39. The van der Waals surface area contributed by atoms with E-state index in [9.17, 15) is 18.0 Å². The molecule has 2 amide bonds. The average Bonchev–Trinajstić information content (AvgIpc) is 3.03. The highest BCUT2D eigenvalue weighted by atomic mass is 32.2. The Labute approximate surface area is 163 Å². The number of sulfonamides is 1. The molecule has 3 rings (SSSR count). The lowest BCUT2D eigenvalue weighted by molar-refractivity contribution is -0.122. The fourth-order valence-electron chi connectivity index (χ4n) is 3.10. The number of aryl methyl sites for hydroxylation is 1. The van der Waals surface area contributed by atoms with E-state index in [4.69, 9.17) is 9.88 Å². The van der Waals surface area contributed by atoms with Crippen LogP contribution in [0.3, 0.4) is 0 Å². The van der Waals surface area contributed by atoms with E-state index in [0.29, 0.717) is 17.1 Å². The zero-order valence-corrected chi connectivity index (χ0v) is 16.3. The summed E-state index contributed by atoms with van der Waals surface area (Å²) in [6, 6.07) is 11.1. The largest absolute Gasteiger partial charge is 0.495 e. The second-order valence-electron chi connectivity index (χ2n) is 6.64. The van der Waals surface area contributed by atoms with Gasteiger partial charge in [0.05, 0.1) is 23.6 Å². The minimum absolute atomic E-state index is 0.0424. The number of primary sulfonamides is 1. The second-order valence-corrected chi connectivity index (χ2v) is 8.20. The number of ether oxygens (including phenoxy) is 1. The number of nitrogens with zero attached hydrogens (tertiary/aromatic N) is 1. The topological polar surface area (TPSA) is 119 Å². The van der Waals surface area contributed by atoms with E-state index in [2.05, 4.69) is 5.32 Å². The number of amides is 2. The van der Waals surface area contributed by atoms with Crippen molar-refractivity contribution in [3.8, 4) is 5.75 Å². The predicted molar refractivity (Wildman–Crippen MR) is 105 cm³/mol. The molecule has 148 valence electrons. The molecule has 0 aliphatic carbocycles. The fourth-order valence-corrected chi connectivity index (χ4v) is 3.61. The summed E-state index contributed by atoms with van der Waals surface area (Å²) >= 11 is 0. The van der Waals surface area contributed by atoms with E-state index in [0.717, 1.165) is 5.56 Å². The van der Waals surface area contributed by atoms with Gasteiger partial charge in [-0.25, -0.2) is 13.6 Å². The van der Waals surface area contributed by atoms with Crippen LogP contribution in [0.2, 0.25) is 0 Å². The number of carbonyl (C=O) groups excluding carboxylic acids is 2. The first-order valence-corrected chi connectivity index (χ1v) is 10.1. The predicted octanol–water partition coefficient (Wildman–Crippen LogP) is 1.64. The molecule has 1 aliphatic heterocycles. The summed E-state index contributed by atoms with van der Waals surface area (Å²) in [6.45, 7) is 2.15. The van der Waals surface area contributed by atoms with Gasteiger partial charge in [-0.15, -0.1) is 0 Å². The van der Waals surface area contributed by atoms with Crippen molar-refractivity contribution < 1.29 is 22.7 Å². The quantitative estimate of drug-likeness (QED) is 0.787. The maximum atomic E-state index is 12.6. The molecule has 28 heavy (non-hydrogen) atoms. The van der Waals surface area contributed by atoms with Crippen molar-refractivity contribution in [1.29, 1.82) is 0 Å². The Morgan fingerprint density at radius 3 is 2.50 bits per heavy atom. The SMILES string of the molecule is COc1ccc(C)cc1N1CC(C(=O)Nc2ccc(S(N)(=O)=O)cc2)CC1=O. The lowest BCUT2D eigenvalue weighted by Crippen LogP contribution is -2.28. The summed E-state index contributed by atoms with van der Waals surface area (Å²) < 4.78 is 27.9. The van der Waals surface area contributed by atoms with Crippen molar-refractivity contribution in [3.63, 3.8) is 0 Å². The van der Waals surface area contributed by atoms with Crippen molar-refractivity contribution in [3.05, 3.63) is 48.0 Å². The Bertz CT molecular complexity index is 1020. The molecule has 1 atom stereocenters. The number of hydrogen-bond acceptors (Lipinski definition) is 5. The molecule has 2 aromatic carbocycles. The second kappa shape index (κ2) is 7.61. The minimum atomic E-state index is -3.79. The molecule has 2 aromatic rings. The van der Waals surface area contributed by atoms with E-state index < -0.39 is 15.9 Å². The maximum absolute atomic E-state index is 12.6. The van der Waals surface area contributed by atoms with Crippen LogP contribution in [0.25, 0.3) is 0 Å². The summed E-state index contributed by atoms with van der Waals surface area (Å²) in [5.41, 5.74) is 2.04. The van der Waals surface area contributed by atoms with Gasteiger partial charge in [0, 0.05) is 18.7 Å². The summed E-state index contributed by atoms with van der Waals surface area (Å²) in [6.07, 6.45) is 0.0815. The van der Waals surface area contributed by atoms with Crippen LogP contribution in [0.1, 0.15) is 12.0 Å². The smallest absolute Gasteiger partial charge is 0.238 e. The normalized spacial score (nSPS) is 16.9. The van der Waals surface area contributed by atoms with Crippen molar-refractivity contribution in [2.24, 2.45) is 11.1 Å². The van der Waals surface area contributed by atoms with Crippen LogP contribution in [0.5, 0.6) is 5.75 Å². The van der Waals surface area contributed by atoms with Gasteiger partial charge in [-0.3, -0.25) is 9.59 Å². The van der Waals surface area contributed by atoms with Gasteiger partial charge in [0.15, 0.2) is 0 Å². The first-order chi connectivity index (χ1) is 13.2. The third-order valence-corrected chi connectivity index (χ3v) is 5.50. The number of benzene rings is 2. The van der Waals surface area contributed by atoms with Crippen LogP contribution in [0.4, 0.5) is 11.4 Å². The number of rotatable bonds is 5. The lowest BCUT2D eigenvalue weighted by Gasteiger charge is -2.20. The Balaban J connectivity index is 1.73. The molecule has 3 N–H and O–H groups in total. The average molecular weight is 403 g/mol. The number of nitrogens with one attached hydrogen (secondary N) is 1. The standard InChI is InChI=1S/C19H21N3O5S/c1-12-3-8-17(27-2)16(9-12)22-11-13(10-18(22)23)19(24)21-14-4-6-15(7-5-14)28(20,25)26/h3-9,13H,10-11H2,1-2H3,(H,21,24)(H2,20,25,26). The summed E-state index contributed by atoms with van der Waals surface area (Å²) in [5, 5.41) is 7.77. The zero-order chi connectivity index (χ0) is 20.5. The molecule has 0 aromatic heterocycles. The first-order valence-electron chi connectivity index (χ1n) is 8.58. The van der Waals surface area contributed by atoms with Crippen molar-refractivity contribution >= 4 is 33.2 Å². The highest BCUT2D eigenvalue weighted by Gasteiger charge is 2.36. The molecule has 0 spiro atoms. The minimum Gasteiger partial charge on any atom is -0.495 e. The maximum Gasteiger partial charge on any atom is 0.238 e. The Morgan fingerprint density at radius 1 is 1.21 bits per heavy atom. The van der Waals surface area contributed by atoms with Crippen LogP contribution in [0, 0.1) is 12.8 Å². The van der Waals surface area contributed by atoms with Crippen LogP contribution >= 0.6 is 0 Å². The van der Waals surface area contributed by atoms with Crippen molar-refractivity contribution in [1.82, 2.24) is 0 Å². The van der Waals surface area contributed by atoms with Crippen LogP contribution < -0.4 is 20.1 Å². The van der Waals surface area contributed by atoms with Gasteiger partial charge in [-0.2, -0.15) is 0 Å². The molecule has 0 saturated carbocycles. The molecular formula is C19H21N3O5S. The van der Waals surface area contributed by atoms with Gasteiger partial charge in [0.2, 0.25) is 21.8 Å². The third kappa shape index (κ3) is 4.15. The monoisotopic (exact) mass is 403 g/mol. The number of hydrogen-bond donors (Lipinski definition) is 2. The highest BCUT2D eigenvalue weighted by Crippen LogP contribution is 2.34. The highest BCUT2D eigenvalue weighted by molar-refractivity contribution is 7.89. The molecule has 0 bridgehead atoms. The molecule has 0 radical (unpaired) electrons. The Morgan fingerprint density at radius 2 is 1.89 bits per heavy atom. The van der Waals surface area contributed by atoms with Crippen LogP contribution in [0.15, 0.2) is 47.4 Å². The van der Waals surface area contributed by atoms with Crippen molar-refractivity contribution in [2.75, 3.05) is 23.9 Å². The number of anilines is 2. The van der Waals surface area contributed by atoms with E-state index in [1.54, 1.807) is 11.0 Å². The van der Waals surface area contributed by atoms with E-state index >= 15 is 0 Å². The third-order valence-electron chi connectivity index (χ3n) is 4.57. The number of nitrogens with two attached hydrogens (primary N) is 1. The molecule has 1 fully saturated rings. The summed E-state index contributed by atoms with van der Waals surface area (Å²) in [4.78, 5) is 26.6. The number of carbonyl (C=O) groups is 2. The van der Waals surface area contributed by atoms with E-state index in [1.165, 1.54) is 31.4 Å². The lowest BCUT2D eigenvalue weighted by atomic mass is 10.1. The van der Waals surface area contributed by atoms with Crippen LogP contribution in [-0.2, 0) is 19.6 Å². The zero-order valence-electron chi connectivity index (χ0n) is 15.5. The molecule has 8 nitrogen and oxygen atoms in total. The van der Waals surface area contributed by atoms with Gasteiger partial charge >= 0.3 is 0 Å².